The van der Waals surface area contributed by atoms with Gasteiger partial charge in [0.05, 0.1) is 10.6 Å². The Kier molecular flexibility index (Phi) is 10.4. The van der Waals surface area contributed by atoms with E-state index in [4.69, 9.17) is 11.6 Å². The summed E-state index contributed by atoms with van der Waals surface area (Å²) in [4.78, 5) is 28.7. The molecule has 2 atom stereocenters. The SMILES string of the molecule is CCC(C)NC(=O)C(C)N(Cc1cccc(C)c1)C(=O)CN(c1ccc(Cl)cc1C)S(=O)(=O)c1ccc(C)cc1. The lowest BCUT2D eigenvalue weighted by Crippen LogP contribution is -2.52. The smallest absolute Gasteiger partial charge is 0.264 e. The fourth-order valence-corrected chi connectivity index (χ4v) is 6.01. The van der Waals surface area contributed by atoms with Gasteiger partial charge in [-0.2, -0.15) is 0 Å². The normalized spacial score (nSPS) is 12.9. The van der Waals surface area contributed by atoms with E-state index in [9.17, 15) is 18.0 Å². The molecule has 40 heavy (non-hydrogen) atoms. The molecule has 0 spiro atoms. The third-order valence-corrected chi connectivity index (χ3v) is 8.93. The number of carbonyl (C=O) groups is 2. The van der Waals surface area contributed by atoms with Crippen molar-refractivity contribution in [2.45, 2.75) is 71.5 Å². The zero-order chi connectivity index (χ0) is 29.6. The summed E-state index contributed by atoms with van der Waals surface area (Å²) < 4.78 is 29.1. The number of hydrogen-bond donors (Lipinski definition) is 1. The molecule has 0 aliphatic carbocycles. The summed E-state index contributed by atoms with van der Waals surface area (Å²) in [5.74, 6) is -0.802. The number of amides is 2. The van der Waals surface area contributed by atoms with Gasteiger partial charge in [-0.3, -0.25) is 13.9 Å². The Morgan fingerprint density at radius 2 is 1.60 bits per heavy atom. The van der Waals surface area contributed by atoms with Gasteiger partial charge < -0.3 is 10.2 Å². The van der Waals surface area contributed by atoms with Crippen LogP contribution in [0.4, 0.5) is 5.69 Å². The van der Waals surface area contributed by atoms with Gasteiger partial charge in [-0.05, 0) is 82.5 Å². The lowest BCUT2D eigenvalue weighted by molar-refractivity contribution is -0.139. The first kappa shape index (κ1) is 31.2. The number of carbonyl (C=O) groups excluding carboxylic acids is 2. The Morgan fingerprint density at radius 3 is 2.20 bits per heavy atom. The number of halogens is 1. The van der Waals surface area contributed by atoms with Crippen molar-refractivity contribution in [3.05, 3.63) is 94.0 Å². The molecule has 0 bridgehead atoms. The van der Waals surface area contributed by atoms with Gasteiger partial charge >= 0.3 is 0 Å². The molecular formula is C31H38ClN3O4S. The zero-order valence-electron chi connectivity index (χ0n) is 23.9. The monoisotopic (exact) mass is 583 g/mol. The molecule has 0 saturated heterocycles. The molecular weight excluding hydrogens is 546 g/mol. The van der Waals surface area contributed by atoms with Crippen molar-refractivity contribution in [3.8, 4) is 0 Å². The molecule has 0 radical (unpaired) electrons. The van der Waals surface area contributed by atoms with Gasteiger partial charge in [0, 0.05) is 17.6 Å². The molecule has 2 amide bonds. The van der Waals surface area contributed by atoms with Gasteiger partial charge in [-0.1, -0.05) is 66.0 Å². The molecule has 0 aliphatic heterocycles. The highest BCUT2D eigenvalue weighted by Gasteiger charge is 2.33. The molecule has 0 aromatic heterocycles. The number of sulfonamides is 1. The van der Waals surface area contributed by atoms with Crippen molar-refractivity contribution in [1.82, 2.24) is 10.2 Å². The number of nitrogens with zero attached hydrogens (tertiary/aromatic N) is 2. The van der Waals surface area contributed by atoms with E-state index in [1.54, 1.807) is 44.2 Å². The van der Waals surface area contributed by atoms with Gasteiger partial charge in [-0.25, -0.2) is 8.42 Å². The van der Waals surface area contributed by atoms with E-state index in [0.717, 1.165) is 27.4 Å². The molecule has 1 N–H and O–H groups in total. The number of anilines is 1. The molecule has 2 unspecified atom stereocenters. The van der Waals surface area contributed by atoms with Crippen molar-refractivity contribution >= 4 is 39.1 Å². The first-order chi connectivity index (χ1) is 18.8. The standard InChI is InChI=1S/C31H38ClN3O4S/c1-7-24(5)33-31(37)25(6)34(19-26-10-8-9-22(3)17-26)30(36)20-35(29-16-13-27(32)18-23(29)4)40(38,39)28-14-11-21(2)12-15-28/h8-18,24-25H,7,19-20H2,1-6H3,(H,33,37). The summed E-state index contributed by atoms with van der Waals surface area (Å²) in [6.07, 6.45) is 0.739. The van der Waals surface area contributed by atoms with Crippen LogP contribution in [0, 0.1) is 20.8 Å². The van der Waals surface area contributed by atoms with Crippen molar-refractivity contribution < 1.29 is 18.0 Å². The Bertz CT molecular complexity index is 1460. The predicted molar refractivity (Wildman–Crippen MR) is 161 cm³/mol. The van der Waals surface area contributed by atoms with E-state index in [1.807, 2.05) is 52.0 Å². The molecule has 0 saturated carbocycles. The maximum absolute atomic E-state index is 14.0. The molecule has 214 valence electrons. The number of rotatable bonds is 11. The van der Waals surface area contributed by atoms with Crippen molar-refractivity contribution in [3.63, 3.8) is 0 Å². The van der Waals surface area contributed by atoms with Crippen molar-refractivity contribution in [2.75, 3.05) is 10.8 Å². The quantitative estimate of drug-likeness (QED) is 0.309. The summed E-state index contributed by atoms with van der Waals surface area (Å²) in [5, 5.41) is 3.40. The van der Waals surface area contributed by atoms with E-state index in [1.165, 1.54) is 17.0 Å². The summed E-state index contributed by atoms with van der Waals surface area (Å²) in [5.41, 5.74) is 3.71. The molecule has 0 fully saturated rings. The fraction of sp³-hybridized carbons (Fsp3) is 0.355. The summed E-state index contributed by atoms with van der Waals surface area (Å²) in [6, 6.07) is 18.1. The first-order valence-electron chi connectivity index (χ1n) is 13.3. The highest BCUT2D eigenvalue weighted by molar-refractivity contribution is 7.92. The van der Waals surface area contributed by atoms with Crippen LogP contribution in [0.25, 0.3) is 0 Å². The maximum atomic E-state index is 14.0. The minimum atomic E-state index is -4.14. The van der Waals surface area contributed by atoms with Crippen LogP contribution >= 0.6 is 11.6 Å². The Balaban J connectivity index is 2.06. The van der Waals surface area contributed by atoms with Crippen molar-refractivity contribution in [2.24, 2.45) is 0 Å². The summed E-state index contributed by atoms with van der Waals surface area (Å²) in [6.45, 7) is 10.8. The molecule has 0 aliphatic rings. The van der Waals surface area contributed by atoms with Gasteiger partial charge in [-0.15, -0.1) is 0 Å². The molecule has 9 heteroatoms. The molecule has 3 rings (SSSR count). The van der Waals surface area contributed by atoms with Crippen LogP contribution in [0.5, 0.6) is 0 Å². The lowest BCUT2D eigenvalue weighted by Gasteiger charge is -2.33. The third kappa shape index (κ3) is 7.64. The second kappa shape index (κ2) is 13.3. The number of hydrogen-bond acceptors (Lipinski definition) is 4. The van der Waals surface area contributed by atoms with Crippen LogP contribution in [0.1, 0.15) is 49.4 Å². The van der Waals surface area contributed by atoms with E-state index in [0.29, 0.717) is 16.3 Å². The van der Waals surface area contributed by atoms with Crippen LogP contribution < -0.4 is 9.62 Å². The highest BCUT2D eigenvalue weighted by atomic mass is 35.5. The number of aryl methyl sites for hydroxylation is 3. The van der Waals surface area contributed by atoms with Crippen LogP contribution in [0.2, 0.25) is 5.02 Å². The zero-order valence-corrected chi connectivity index (χ0v) is 25.5. The molecule has 0 heterocycles. The van der Waals surface area contributed by atoms with Crippen molar-refractivity contribution in [1.29, 1.82) is 0 Å². The topological polar surface area (TPSA) is 86.8 Å². The molecule has 3 aromatic rings. The predicted octanol–water partition coefficient (Wildman–Crippen LogP) is 5.79. The van der Waals surface area contributed by atoms with Gasteiger partial charge in [0.1, 0.15) is 12.6 Å². The van der Waals surface area contributed by atoms with Crippen LogP contribution in [-0.4, -0.2) is 43.8 Å². The summed E-state index contributed by atoms with van der Waals surface area (Å²) in [7, 11) is -4.14. The lowest BCUT2D eigenvalue weighted by atomic mass is 10.1. The Labute approximate surface area is 243 Å². The van der Waals surface area contributed by atoms with Gasteiger partial charge in [0.2, 0.25) is 11.8 Å². The largest absolute Gasteiger partial charge is 0.352 e. The minimum absolute atomic E-state index is 0.0630. The average molecular weight is 584 g/mol. The fourth-order valence-electron chi connectivity index (χ4n) is 4.30. The van der Waals surface area contributed by atoms with E-state index in [2.05, 4.69) is 5.32 Å². The van der Waals surface area contributed by atoms with E-state index >= 15 is 0 Å². The summed E-state index contributed by atoms with van der Waals surface area (Å²) >= 11 is 6.17. The maximum Gasteiger partial charge on any atom is 0.264 e. The first-order valence-corrected chi connectivity index (χ1v) is 15.2. The van der Waals surface area contributed by atoms with Crippen LogP contribution in [0.15, 0.2) is 71.6 Å². The minimum Gasteiger partial charge on any atom is -0.352 e. The van der Waals surface area contributed by atoms with Crippen LogP contribution in [0.3, 0.4) is 0 Å². The Morgan fingerprint density at radius 1 is 0.925 bits per heavy atom. The second-order valence-electron chi connectivity index (χ2n) is 10.3. The van der Waals surface area contributed by atoms with Crippen LogP contribution in [-0.2, 0) is 26.2 Å². The highest BCUT2D eigenvalue weighted by Crippen LogP contribution is 2.29. The molecule has 3 aromatic carbocycles. The van der Waals surface area contributed by atoms with Gasteiger partial charge in [0.25, 0.3) is 10.0 Å². The second-order valence-corrected chi connectivity index (χ2v) is 12.6. The Hall–Kier alpha value is -3.36. The number of benzene rings is 3. The van der Waals surface area contributed by atoms with E-state index < -0.39 is 28.5 Å². The average Bonchev–Trinajstić information content (AvgIpc) is 2.90. The van der Waals surface area contributed by atoms with E-state index in [-0.39, 0.29) is 23.4 Å². The third-order valence-electron chi connectivity index (χ3n) is 6.92. The van der Waals surface area contributed by atoms with Gasteiger partial charge in [0.15, 0.2) is 0 Å². The molecule has 7 nitrogen and oxygen atoms in total. The number of nitrogens with one attached hydrogen (secondary N) is 1.